The molecule has 0 saturated carbocycles. The van der Waals surface area contributed by atoms with E-state index in [9.17, 15) is 0 Å². The van der Waals surface area contributed by atoms with Crippen LogP contribution in [0.5, 0.6) is 0 Å². The Bertz CT molecular complexity index is 2620. The van der Waals surface area contributed by atoms with Crippen LogP contribution in [0.25, 0.3) is 44.5 Å². The number of nitrogens with zero attached hydrogens (tertiary/aromatic N) is 2. The predicted octanol–water partition coefficient (Wildman–Crippen LogP) is 14.5. The normalized spacial score (nSPS) is 12.5. The summed E-state index contributed by atoms with van der Waals surface area (Å²) < 4.78 is 0. The Hall–Kier alpha value is -6.64. The number of anilines is 5. The van der Waals surface area contributed by atoms with E-state index in [2.05, 4.69) is 232 Å². The van der Waals surface area contributed by atoms with Crippen molar-refractivity contribution in [3.63, 3.8) is 0 Å². The molecule has 0 spiro atoms. The molecule has 0 bridgehead atoms. The van der Waals surface area contributed by atoms with Crippen molar-refractivity contribution in [2.45, 2.75) is 26.2 Å². The van der Waals surface area contributed by atoms with Gasteiger partial charge in [-0.05, 0) is 123 Å². The van der Waals surface area contributed by atoms with E-state index in [-0.39, 0.29) is 5.41 Å². The Morgan fingerprint density at radius 1 is 0.364 bits per heavy atom. The molecule has 8 aromatic rings. The van der Waals surface area contributed by atoms with Crippen LogP contribution in [-0.2, 0) is 5.41 Å². The zero-order valence-electron chi connectivity index (χ0n) is 31.9. The average molecular weight is 709 g/mol. The Balaban J connectivity index is 1.13. The van der Waals surface area contributed by atoms with Gasteiger partial charge in [0, 0.05) is 46.5 Å². The zero-order valence-corrected chi connectivity index (χ0v) is 31.9. The zero-order chi connectivity index (χ0) is 37.5. The van der Waals surface area contributed by atoms with Crippen molar-refractivity contribution in [2.75, 3.05) is 16.8 Å². The van der Waals surface area contributed by atoms with Crippen LogP contribution in [0.3, 0.4) is 0 Å². The summed E-state index contributed by atoms with van der Waals surface area (Å²) in [6.07, 6.45) is 0. The van der Waals surface area contributed by atoms with Crippen LogP contribution < -0.4 is 9.80 Å². The minimum absolute atomic E-state index is 0.0931. The summed E-state index contributed by atoms with van der Waals surface area (Å²) >= 11 is 0. The van der Waals surface area contributed by atoms with Crippen LogP contribution in [0.1, 0.15) is 30.5 Å². The molecule has 1 aliphatic carbocycles. The van der Waals surface area contributed by atoms with Crippen LogP contribution in [0.15, 0.2) is 194 Å². The van der Waals surface area contributed by atoms with Crippen LogP contribution in [-0.4, -0.2) is 7.05 Å². The first-order valence-electron chi connectivity index (χ1n) is 19.2. The molecule has 0 heterocycles. The molecule has 55 heavy (non-hydrogen) atoms. The van der Waals surface area contributed by atoms with Gasteiger partial charge in [0.2, 0.25) is 0 Å². The van der Waals surface area contributed by atoms with Gasteiger partial charge >= 0.3 is 0 Å². The van der Waals surface area contributed by atoms with Gasteiger partial charge in [-0.15, -0.1) is 0 Å². The predicted molar refractivity (Wildman–Crippen MR) is 234 cm³/mol. The molecule has 8 aromatic carbocycles. The molecule has 0 amide bonds. The topological polar surface area (TPSA) is 6.48 Å². The molecule has 0 aliphatic heterocycles. The van der Waals surface area contributed by atoms with Crippen LogP contribution >= 0.6 is 0 Å². The lowest BCUT2D eigenvalue weighted by Crippen LogP contribution is -2.16. The minimum Gasteiger partial charge on any atom is -0.344 e. The second-order valence-corrected chi connectivity index (χ2v) is 15.1. The van der Waals surface area contributed by atoms with Crippen LogP contribution in [0.4, 0.5) is 28.4 Å². The van der Waals surface area contributed by atoms with Gasteiger partial charge in [-0.3, -0.25) is 0 Å². The van der Waals surface area contributed by atoms with Crippen molar-refractivity contribution in [1.82, 2.24) is 0 Å². The van der Waals surface area contributed by atoms with E-state index >= 15 is 0 Å². The summed E-state index contributed by atoms with van der Waals surface area (Å²) in [5, 5.41) is 0. The number of aryl methyl sites for hydroxylation is 1. The van der Waals surface area contributed by atoms with E-state index in [1.54, 1.807) is 0 Å². The molecule has 0 aromatic heterocycles. The fourth-order valence-corrected chi connectivity index (χ4v) is 8.40. The van der Waals surface area contributed by atoms with Crippen molar-refractivity contribution in [2.24, 2.45) is 0 Å². The Morgan fingerprint density at radius 2 is 0.873 bits per heavy atom. The third kappa shape index (κ3) is 6.20. The molecular weight excluding hydrogens is 665 g/mol. The van der Waals surface area contributed by atoms with Crippen molar-refractivity contribution in [3.05, 3.63) is 211 Å². The van der Waals surface area contributed by atoms with Crippen molar-refractivity contribution < 1.29 is 0 Å². The first kappa shape index (κ1) is 34.1. The van der Waals surface area contributed by atoms with Gasteiger partial charge in [-0.2, -0.15) is 0 Å². The first-order chi connectivity index (χ1) is 26.9. The first-order valence-corrected chi connectivity index (χ1v) is 19.2. The highest BCUT2D eigenvalue weighted by atomic mass is 15.1. The molecule has 0 N–H and O–H groups in total. The third-order valence-electron chi connectivity index (χ3n) is 11.5. The summed E-state index contributed by atoms with van der Waals surface area (Å²) in [6.45, 7) is 6.90. The van der Waals surface area contributed by atoms with E-state index in [4.69, 9.17) is 0 Å². The van der Waals surface area contributed by atoms with Gasteiger partial charge in [0.05, 0.1) is 0 Å². The highest BCUT2D eigenvalue weighted by Crippen LogP contribution is 2.51. The van der Waals surface area contributed by atoms with Crippen LogP contribution in [0.2, 0.25) is 0 Å². The fraction of sp³-hybridized carbons (Fsp3) is 0.0943. The largest absolute Gasteiger partial charge is 0.344 e. The maximum Gasteiger partial charge on any atom is 0.0488 e. The molecule has 2 nitrogen and oxygen atoms in total. The SMILES string of the molecule is Cc1ccccc1-c1cc(-c2ccc(N(c3ccc(-c4ccccc4)cc3)c3ccc4c(c3)C(C)(C)c3ccccc3-4)cc2)ccc1N(C)c1ccccc1. The number of benzene rings is 8. The number of hydrogen-bond acceptors (Lipinski definition) is 2. The number of rotatable bonds is 8. The van der Waals surface area contributed by atoms with E-state index in [1.807, 2.05) is 0 Å². The Kier molecular flexibility index (Phi) is 8.67. The highest BCUT2D eigenvalue weighted by Gasteiger charge is 2.35. The number of fused-ring (bicyclic) bond motifs is 3. The lowest BCUT2D eigenvalue weighted by atomic mass is 9.82. The summed E-state index contributed by atoms with van der Waals surface area (Å²) in [5.41, 5.74) is 19.5. The van der Waals surface area contributed by atoms with E-state index in [0.29, 0.717) is 0 Å². The molecule has 266 valence electrons. The summed E-state index contributed by atoms with van der Waals surface area (Å²) in [7, 11) is 2.15. The molecule has 2 heteroatoms. The van der Waals surface area contributed by atoms with Gasteiger partial charge in [-0.1, -0.05) is 147 Å². The standard InChI is InChI=1S/C53H44N2/c1-37-15-11-12-20-46(37)49-35-41(27-34-52(49)54(4)42-18-9-6-10-19-42)40-25-30-44(31-26-40)55(43-28-23-39(24-29-43)38-16-7-5-8-17-38)45-32-33-48-47-21-13-14-22-50(47)53(2,3)51(48)36-45/h5-36H,1-4H3. The van der Waals surface area contributed by atoms with Gasteiger partial charge in [0.1, 0.15) is 0 Å². The van der Waals surface area contributed by atoms with E-state index in [1.165, 1.54) is 66.9 Å². The number of para-hydroxylation sites is 1. The molecule has 0 atom stereocenters. The molecule has 0 saturated heterocycles. The summed E-state index contributed by atoms with van der Waals surface area (Å²) in [5.74, 6) is 0. The lowest BCUT2D eigenvalue weighted by molar-refractivity contribution is 0.660. The second-order valence-electron chi connectivity index (χ2n) is 15.1. The minimum atomic E-state index is -0.0931. The maximum atomic E-state index is 2.41. The Labute approximate surface area is 325 Å². The van der Waals surface area contributed by atoms with Gasteiger partial charge in [0.15, 0.2) is 0 Å². The highest BCUT2D eigenvalue weighted by molar-refractivity contribution is 5.89. The van der Waals surface area contributed by atoms with Crippen molar-refractivity contribution >= 4 is 28.4 Å². The number of hydrogen-bond donors (Lipinski definition) is 0. The molecule has 0 fully saturated rings. The smallest absolute Gasteiger partial charge is 0.0488 e. The van der Waals surface area contributed by atoms with Crippen molar-refractivity contribution in [1.29, 1.82) is 0 Å². The molecule has 9 rings (SSSR count). The molecular formula is C53H44N2. The summed E-state index contributed by atoms with van der Waals surface area (Å²) in [6, 6.07) is 70.7. The quantitative estimate of drug-likeness (QED) is 0.155. The van der Waals surface area contributed by atoms with Gasteiger partial charge in [0.25, 0.3) is 0 Å². The average Bonchev–Trinajstić information content (AvgIpc) is 3.47. The second kappa shape index (κ2) is 14.0. The van der Waals surface area contributed by atoms with Gasteiger partial charge < -0.3 is 9.80 Å². The van der Waals surface area contributed by atoms with E-state index in [0.717, 1.165) is 22.7 Å². The van der Waals surface area contributed by atoms with E-state index < -0.39 is 0 Å². The maximum absolute atomic E-state index is 2.41. The van der Waals surface area contributed by atoms with Crippen LogP contribution in [0, 0.1) is 6.92 Å². The summed E-state index contributed by atoms with van der Waals surface area (Å²) in [4.78, 5) is 4.68. The lowest BCUT2D eigenvalue weighted by Gasteiger charge is -2.28. The monoisotopic (exact) mass is 708 g/mol. The molecule has 0 radical (unpaired) electrons. The fourth-order valence-electron chi connectivity index (χ4n) is 8.40. The molecule has 1 aliphatic rings. The van der Waals surface area contributed by atoms with Crippen molar-refractivity contribution in [3.8, 4) is 44.5 Å². The Morgan fingerprint density at radius 3 is 1.55 bits per heavy atom. The third-order valence-corrected chi connectivity index (χ3v) is 11.5. The van der Waals surface area contributed by atoms with Gasteiger partial charge in [-0.25, -0.2) is 0 Å². The molecule has 0 unspecified atom stereocenters.